The highest BCUT2D eigenvalue weighted by molar-refractivity contribution is 7.98. The summed E-state index contributed by atoms with van der Waals surface area (Å²) in [5, 5.41) is 17.2. The van der Waals surface area contributed by atoms with Crippen molar-refractivity contribution < 1.29 is 4.92 Å². The van der Waals surface area contributed by atoms with Crippen molar-refractivity contribution in [2.75, 3.05) is 23.9 Å². The largest absolute Gasteiger partial charge is 0.367 e. The molecule has 1 rings (SSSR count). The van der Waals surface area contributed by atoms with Crippen molar-refractivity contribution in [3.8, 4) is 0 Å². The molecule has 0 fully saturated rings. The fourth-order valence-corrected chi connectivity index (χ4v) is 1.61. The van der Waals surface area contributed by atoms with Gasteiger partial charge >= 0.3 is 5.69 Å². The molecular weight excluding hydrogens is 242 g/mol. The van der Waals surface area contributed by atoms with E-state index < -0.39 is 4.92 Å². The highest BCUT2D eigenvalue weighted by Crippen LogP contribution is 2.31. The Morgan fingerprint density at radius 3 is 2.35 bits per heavy atom. The molecule has 0 saturated heterocycles. The summed E-state index contributed by atoms with van der Waals surface area (Å²) in [6.45, 7) is 3.79. The first-order chi connectivity index (χ1) is 7.99. The fraction of sp³-hybridized carbons (Fsp3) is 0.556. The zero-order chi connectivity index (χ0) is 13.0. The van der Waals surface area contributed by atoms with Crippen molar-refractivity contribution in [3.05, 3.63) is 10.1 Å². The van der Waals surface area contributed by atoms with Gasteiger partial charge in [-0.2, -0.15) is 9.97 Å². The van der Waals surface area contributed by atoms with Gasteiger partial charge in [0.25, 0.3) is 0 Å². The highest BCUT2D eigenvalue weighted by Gasteiger charge is 2.24. The smallest absolute Gasteiger partial charge is 0.353 e. The first-order valence-electron chi connectivity index (χ1n) is 5.04. The summed E-state index contributed by atoms with van der Waals surface area (Å²) in [6.07, 6.45) is 1.82. The number of hydrogen-bond acceptors (Lipinski definition) is 7. The molecule has 0 unspecified atom stereocenters. The van der Waals surface area contributed by atoms with E-state index in [2.05, 4.69) is 20.6 Å². The van der Waals surface area contributed by atoms with Gasteiger partial charge in [0.15, 0.2) is 5.16 Å². The topological polar surface area (TPSA) is 93.0 Å². The van der Waals surface area contributed by atoms with E-state index in [-0.39, 0.29) is 23.4 Å². The van der Waals surface area contributed by atoms with E-state index >= 15 is 0 Å². The van der Waals surface area contributed by atoms with Crippen LogP contribution in [0.15, 0.2) is 5.16 Å². The molecule has 0 saturated carbocycles. The molecule has 0 spiro atoms. The average Bonchev–Trinajstić information content (AvgIpc) is 2.26. The van der Waals surface area contributed by atoms with Crippen molar-refractivity contribution >= 4 is 29.1 Å². The van der Waals surface area contributed by atoms with Gasteiger partial charge in [-0.15, -0.1) is 0 Å². The molecule has 8 heteroatoms. The van der Waals surface area contributed by atoms with Gasteiger partial charge in [0, 0.05) is 13.1 Å². The Kier molecular flexibility index (Phi) is 4.50. The lowest BCUT2D eigenvalue weighted by Gasteiger charge is -2.12. The molecule has 0 aliphatic rings. The maximum Gasteiger partial charge on any atom is 0.353 e. The van der Waals surface area contributed by atoms with Crippen LogP contribution in [0.4, 0.5) is 17.3 Å². The van der Waals surface area contributed by atoms with Crippen LogP contribution in [-0.2, 0) is 0 Å². The van der Waals surface area contributed by atoms with Crippen LogP contribution in [0, 0.1) is 10.1 Å². The molecule has 0 bridgehead atoms. The van der Waals surface area contributed by atoms with Crippen LogP contribution < -0.4 is 10.6 Å². The number of nitrogens with zero attached hydrogens (tertiary/aromatic N) is 3. The molecule has 2 N–H and O–H groups in total. The minimum atomic E-state index is -0.485. The molecule has 94 valence electrons. The van der Waals surface area contributed by atoms with Crippen LogP contribution in [0.2, 0.25) is 0 Å². The number of nitrogens with one attached hydrogen (secondary N) is 2. The summed E-state index contributed by atoms with van der Waals surface area (Å²) in [5.74, 6) is 0.464. The first-order valence-corrected chi connectivity index (χ1v) is 6.26. The van der Waals surface area contributed by atoms with Crippen LogP contribution >= 0.6 is 11.8 Å². The average molecular weight is 257 g/mol. The lowest BCUT2D eigenvalue weighted by Crippen LogP contribution is -2.15. The first kappa shape index (κ1) is 13.5. The summed E-state index contributed by atoms with van der Waals surface area (Å²) in [4.78, 5) is 18.7. The molecule has 0 atom stereocenters. The standard InChI is InChI=1S/C9H15N5O2S/c1-5(2)11-8-6(14(15)16)7(10-3)12-9(13-8)17-4/h5H,1-4H3,(H2,10,11,12,13). The minimum Gasteiger partial charge on any atom is -0.367 e. The molecule has 1 aromatic heterocycles. The quantitative estimate of drug-likeness (QED) is 0.360. The predicted molar refractivity (Wildman–Crippen MR) is 68.8 cm³/mol. The van der Waals surface area contributed by atoms with E-state index in [0.29, 0.717) is 5.16 Å². The van der Waals surface area contributed by atoms with E-state index in [1.165, 1.54) is 11.8 Å². The Hall–Kier alpha value is -1.57. The fourth-order valence-electron chi connectivity index (χ4n) is 1.25. The Balaban J connectivity index is 3.35. The van der Waals surface area contributed by atoms with Crippen molar-refractivity contribution in [1.82, 2.24) is 9.97 Å². The molecule has 0 aliphatic heterocycles. The second-order valence-electron chi connectivity index (χ2n) is 3.56. The number of nitro groups is 1. The highest BCUT2D eigenvalue weighted by atomic mass is 32.2. The summed E-state index contributed by atoms with van der Waals surface area (Å²) in [6, 6.07) is 0.0583. The van der Waals surface area contributed by atoms with Gasteiger partial charge < -0.3 is 10.6 Å². The Bertz CT molecular complexity index is 424. The molecule has 0 amide bonds. The molecular formula is C9H15N5O2S. The van der Waals surface area contributed by atoms with Crippen molar-refractivity contribution in [1.29, 1.82) is 0 Å². The van der Waals surface area contributed by atoms with Gasteiger partial charge in [-0.3, -0.25) is 10.1 Å². The maximum atomic E-state index is 11.0. The molecule has 0 radical (unpaired) electrons. The van der Waals surface area contributed by atoms with Crippen LogP contribution in [0.25, 0.3) is 0 Å². The minimum absolute atomic E-state index is 0.0583. The zero-order valence-corrected chi connectivity index (χ0v) is 11.0. The van der Waals surface area contributed by atoms with Crippen LogP contribution in [0.3, 0.4) is 0 Å². The van der Waals surface area contributed by atoms with Crippen LogP contribution in [0.1, 0.15) is 13.8 Å². The third kappa shape index (κ3) is 3.19. The monoisotopic (exact) mass is 257 g/mol. The number of thioether (sulfide) groups is 1. The summed E-state index contributed by atoms with van der Waals surface area (Å²) in [5.41, 5.74) is -0.126. The Morgan fingerprint density at radius 1 is 1.35 bits per heavy atom. The van der Waals surface area contributed by atoms with Crippen LogP contribution in [0.5, 0.6) is 0 Å². The molecule has 0 aromatic carbocycles. The summed E-state index contributed by atoms with van der Waals surface area (Å²) >= 11 is 1.34. The molecule has 1 aromatic rings. The predicted octanol–water partition coefficient (Wildman–Crippen LogP) is 1.97. The van der Waals surface area contributed by atoms with Gasteiger partial charge in [0.2, 0.25) is 11.6 Å². The van der Waals surface area contributed by atoms with Gasteiger partial charge in [0.1, 0.15) is 0 Å². The molecule has 0 aliphatic carbocycles. The molecule has 1 heterocycles. The second kappa shape index (κ2) is 5.67. The van der Waals surface area contributed by atoms with E-state index in [1.54, 1.807) is 7.05 Å². The summed E-state index contributed by atoms with van der Waals surface area (Å²) < 4.78 is 0. The third-order valence-electron chi connectivity index (χ3n) is 1.89. The number of anilines is 2. The maximum absolute atomic E-state index is 11.0. The van der Waals surface area contributed by atoms with Crippen molar-refractivity contribution in [2.24, 2.45) is 0 Å². The van der Waals surface area contributed by atoms with Gasteiger partial charge in [-0.1, -0.05) is 11.8 Å². The summed E-state index contributed by atoms with van der Waals surface area (Å²) in [7, 11) is 1.60. The Morgan fingerprint density at radius 2 is 1.94 bits per heavy atom. The molecule has 7 nitrogen and oxygen atoms in total. The SMILES string of the molecule is CNc1nc(SC)nc(NC(C)C)c1[N+](=O)[O-]. The molecule has 17 heavy (non-hydrogen) atoms. The lowest BCUT2D eigenvalue weighted by molar-refractivity contribution is -0.383. The second-order valence-corrected chi connectivity index (χ2v) is 4.34. The number of hydrogen-bond donors (Lipinski definition) is 2. The zero-order valence-electron chi connectivity index (χ0n) is 10.1. The van der Waals surface area contributed by atoms with Crippen molar-refractivity contribution in [3.63, 3.8) is 0 Å². The van der Waals surface area contributed by atoms with E-state index in [4.69, 9.17) is 0 Å². The van der Waals surface area contributed by atoms with Crippen LogP contribution in [-0.4, -0.2) is 34.2 Å². The van der Waals surface area contributed by atoms with Crippen molar-refractivity contribution in [2.45, 2.75) is 25.0 Å². The van der Waals surface area contributed by atoms with E-state index in [0.717, 1.165) is 0 Å². The third-order valence-corrected chi connectivity index (χ3v) is 2.44. The normalized spacial score (nSPS) is 10.4. The van der Waals surface area contributed by atoms with Gasteiger partial charge in [-0.05, 0) is 20.1 Å². The lowest BCUT2D eigenvalue weighted by atomic mass is 10.3. The number of aromatic nitrogens is 2. The van der Waals surface area contributed by atoms with Gasteiger partial charge in [-0.25, -0.2) is 0 Å². The Labute approximate surface area is 104 Å². The number of rotatable bonds is 5. The van der Waals surface area contributed by atoms with Gasteiger partial charge in [0.05, 0.1) is 4.92 Å². The van der Waals surface area contributed by atoms with E-state index in [9.17, 15) is 10.1 Å². The van der Waals surface area contributed by atoms with E-state index in [1.807, 2.05) is 20.1 Å².